The minimum atomic E-state index is 0.0625. The SMILES string of the molecule is N#Cc1nc(Cl)cnc1N. The van der Waals surface area contributed by atoms with Gasteiger partial charge < -0.3 is 5.73 Å². The molecule has 0 radical (unpaired) electrons. The van der Waals surface area contributed by atoms with Crippen LogP contribution in [0.4, 0.5) is 5.82 Å². The van der Waals surface area contributed by atoms with E-state index in [2.05, 4.69) is 9.97 Å². The smallest absolute Gasteiger partial charge is 0.184 e. The topological polar surface area (TPSA) is 75.6 Å². The van der Waals surface area contributed by atoms with Gasteiger partial charge >= 0.3 is 0 Å². The zero-order chi connectivity index (χ0) is 7.56. The number of halogens is 1. The molecule has 1 rings (SSSR count). The van der Waals surface area contributed by atoms with Crippen molar-refractivity contribution < 1.29 is 0 Å². The van der Waals surface area contributed by atoms with Gasteiger partial charge in [-0.3, -0.25) is 0 Å². The lowest BCUT2D eigenvalue weighted by Crippen LogP contribution is -1.96. The third-order valence-electron chi connectivity index (χ3n) is 0.877. The monoisotopic (exact) mass is 154 g/mol. The maximum Gasteiger partial charge on any atom is 0.184 e. The van der Waals surface area contributed by atoms with Gasteiger partial charge in [-0.05, 0) is 0 Å². The Labute approximate surface area is 62.3 Å². The van der Waals surface area contributed by atoms with Gasteiger partial charge in [-0.25, -0.2) is 9.97 Å². The van der Waals surface area contributed by atoms with Crippen molar-refractivity contribution in [2.45, 2.75) is 0 Å². The van der Waals surface area contributed by atoms with Crippen LogP contribution in [-0.2, 0) is 0 Å². The molecule has 0 aromatic carbocycles. The summed E-state index contributed by atoms with van der Waals surface area (Å²) in [6.45, 7) is 0. The Morgan fingerprint density at radius 3 is 2.90 bits per heavy atom. The highest BCUT2D eigenvalue weighted by Gasteiger charge is 1.99. The molecule has 1 aromatic rings. The largest absolute Gasteiger partial charge is 0.381 e. The summed E-state index contributed by atoms with van der Waals surface area (Å²) in [5.74, 6) is 0.104. The molecule has 0 aliphatic rings. The number of nitrogens with two attached hydrogens (primary N) is 1. The van der Waals surface area contributed by atoms with Crippen LogP contribution >= 0.6 is 11.6 Å². The van der Waals surface area contributed by atoms with Crippen LogP contribution in [0.1, 0.15) is 5.69 Å². The van der Waals surface area contributed by atoms with Gasteiger partial charge in [0.25, 0.3) is 0 Å². The first-order valence-corrected chi connectivity index (χ1v) is 2.80. The number of rotatable bonds is 0. The second-order valence-electron chi connectivity index (χ2n) is 1.54. The lowest BCUT2D eigenvalue weighted by atomic mass is 10.4. The van der Waals surface area contributed by atoms with Crippen LogP contribution in [0.2, 0.25) is 5.15 Å². The van der Waals surface area contributed by atoms with Crippen LogP contribution in [0.5, 0.6) is 0 Å². The normalized spacial score (nSPS) is 8.80. The van der Waals surface area contributed by atoms with Crippen LogP contribution < -0.4 is 5.73 Å². The van der Waals surface area contributed by atoms with Gasteiger partial charge in [0.1, 0.15) is 11.2 Å². The highest BCUT2D eigenvalue weighted by atomic mass is 35.5. The third kappa shape index (κ3) is 1.14. The van der Waals surface area contributed by atoms with Gasteiger partial charge in [-0.15, -0.1) is 0 Å². The summed E-state index contributed by atoms with van der Waals surface area (Å²) in [6, 6.07) is 1.75. The Hall–Kier alpha value is -1.34. The summed E-state index contributed by atoms with van der Waals surface area (Å²) >= 11 is 5.42. The van der Waals surface area contributed by atoms with Crippen molar-refractivity contribution in [2.75, 3.05) is 5.73 Å². The Morgan fingerprint density at radius 2 is 2.40 bits per heavy atom. The van der Waals surface area contributed by atoms with Gasteiger partial charge in [-0.1, -0.05) is 11.6 Å². The van der Waals surface area contributed by atoms with Crippen molar-refractivity contribution in [1.82, 2.24) is 9.97 Å². The van der Waals surface area contributed by atoms with E-state index in [1.165, 1.54) is 6.20 Å². The number of nitrogen functional groups attached to an aromatic ring is 1. The molecule has 0 atom stereocenters. The number of nitriles is 1. The first-order chi connectivity index (χ1) is 4.74. The summed E-state index contributed by atoms with van der Waals surface area (Å²) in [4.78, 5) is 7.22. The van der Waals surface area contributed by atoms with Gasteiger partial charge in [0, 0.05) is 0 Å². The number of hydrogen-bond donors (Lipinski definition) is 1. The number of aromatic nitrogens is 2. The summed E-state index contributed by atoms with van der Waals surface area (Å²) in [5.41, 5.74) is 5.31. The lowest BCUT2D eigenvalue weighted by Gasteiger charge is -1.92. The van der Waals surface area contributed by atoms with E-state index in [0.717, 1.165) is 0 Å². The molecule has 0 saturated heterocycles. The molecular formula is C5H3ClN4. The molecular weight excluding hydrogens is 152 g/mol. The molecule has 0 fully saturated rings. The highest BCUT2D eigenvalue weighted by Crippen LogP contribution is 2.07. The summed E-state index contributed by atoms with van der Waals surface area (Å²) in [7, 11) is 0. The van der Waals surface area contributed by atoms with Crippen molar-refractivity contribution in [3.63, 3.8) is 0 Å². The highest BCUT2D eigenvalue weighted by molar-refractivity contribution is 6.29. The molecule has 0 amide bonds. The van der Waals surface area contributed by atoms with Gasteiger partial charge in [0.05, 0.1) is 6.20 Å². The van der Waals surface area contributed by atoms with Crippen molar-refractivity contribution >= 4 is 17.4 Å². The average Bonchev–Trinajstić information content (AvgIpc) is 1.94. The van der Waals surface area contributed by atoms with Crippen LogP contribution in [0.3, 0.4) is 0 Å². The molecule has 2 N–H and O–H groups in total. The van der Waals surface area contributed by atoms with Crippen LogP contribution in [-0.4, -0.2) is 9.97 Å². The van der Waals surface area contributed by atoms with Crippen molar-refractivity contribution in [3.8, 4) is 6.07 Å². The molecule has 0 saturated carbocycles. The predicted octanol–water partition coefficient (Wildman–Crippen LogP) is 0.584. The van der Waals surface area contributed by atoms with Crippen LogP contribution in [0.25, 0.3) is 0 Å². The van der Waals surface area contributed by atoms with Crippen molar-refractivity contribution in [2.24, 2.45) is 0 Å². The van der Waals surface area contributed by atoms with Gasteiger partial charge in [0.15, 0.2) is 11.5 Å². The number of hydrogen-bond acceptors (Lipinski definition) is 4. The minimum absolute atomic E-state index is 0.0625. The third-order valence-corrected chi connectivity index (χ3v) is 1.06. The molecule has 0 aliphatic carbocycles. The zero-order valence-electron chi connectivity index (χ0n) is 4.87. The first kappa shape index (κ1) is 6.78. The molecule has 50 valence electrons. The van der Waals surface area contributed by atoms with E-state index in [1.54, 1.807) is 6.07 Å². The standard InChI is InChI=1S/C5H3ClN4/c6-4-2-9-5(8)3(1-7)10-4/h2H,(H2,8,9). The Balaban J connectivity index is 3.25. The second-order valence-corrected chi connectivity index (χ2v) is 1.93. The average molecular weight is 155 g/mol. The molecule has 1 aromatic heterocycles. The van der Waals surface area contributed by atoms with Gasteiger partial charge in [0.2, 0.25) is 0 Å². The number of anilines is 1. The van der Waals surface area contributed by atoms with Crippen LogP contribution in [0, 0.1) is 11.3 Å². The first-order valence-electron chi connectivity index (χ1n) is 2.42. The Kier molecular flexibility index (Phi) is 1.69. The molecule has 0 bridgehead atoms. The summed E-state index contributed by atoms with van der Waals surface area (Å²) < 4.78 is 0. The molecule has 4 nitrogen and oxygen atoms in total. The van der Waals surface area contributed by atoms with E-state index in [1.807, 2.05) is 0 Å². The fourth-order valence-corrected chi connectivity index (χ4v) is 0.592. The lowest BCUT2D eigenvalue weighted by molar-refractivity contribution is 1.17. The summed E-state index contributed by atoms with van der Waals surface area (Å²) in [5, 5.41) is 8.52. The number of nitrogens with zero attached hydrogens (tertiary/aromatic N) is 3. The van der Waals surface area contributed by atoms with E-state index in [9.17, 15) is 0 Å². The minimum Gasteiger partial charge on any atom is -0.381 e. The molecule has 0 spiro atoms. The Morgan fingerprint density at radius 1 is 1.70 bits per heavy atom. The quantitative estimate of drug-likeness (QED) is 0.593. The van der Waals surface area contributed by atoms with Crippen molar-refractivity contribution in [3.05, 3.63) is 17.0 Å². The molecule has 5 heteroatoms. The maximum absolute atomic E-state index is 8.35. The second kappa shape index (κ2) is 2.50. The zero-order valence-corrected chi connectivity index (χ0v) is 5.63. The van der Waals surface area contributed by atoms with E-state index >= 15 is 0 Å². The molecule has 0 unspecified atom stereocenters. The van der Waals surface area contributed by atoms with E-state index < -0.39 is 0 Å². The maximum atomic E-state index is 8.35. The van der Waals surface area contributed by atoms with Crippen molar-refractivity contribution in [1.29, 1.82) is 5.26 Å². The van der Waals surface area contributed by atoms with Gasteiger partial charge in [-0.2, -0.15) is 5.26 Å². The summed E-state index contributed by atoms with van der Waals surface area (Å²) in [6.07, 6.45) is 1.29. The fraction of sp³-hybridized carbons (Fsp3) is 0. The predicted molar refractivity (Wildman–Crippen MR) is 36.2 cm³/mol. The Bertz CT molecular complexity index is 290. The van der Waals surface area contributed by atoms with E-state index in [0.29, 0.717) is 0 Å². The van der Waals surface area contributed by atoms with Crippen LogP contribution in [0.15, 0.2) is 6.20 Å². The van der Waals surface area contributed by atoms with E-state index in [4.69, 9.17) is 22.6 Å². The molecule has 10 heavy (non-hydrogen) atoms. The molecule has 0 aliphatic heterocycles. The van der Waals surface area contributed by atoms with E-state index in [-0.39, 0.29) is 16.7 Å². The fourth-order valence-electron chi connectivity index (χ4n) is 0.459. The molecule has 1 heterocycles.